The van der Waals surface area contributed by atoms with Crippen molar-refractivity contribution in [3.05, 3.63) is 35.4 Å². The zero-order valence-electron chi connectivity index (χ0n) is 10.1. The first-order valence-electron chi connectivity index (χ1n) is 6.34. The van der Waals surface area contributed by atoms with Crippen LogP contribution in [0.5, 0.6) is 0 Å². The molecule has 0 spiro atoms. The summed E-state index contributed by atoms with van der Waals surface area (Å²) in [7, 11) is 0. The van der Waals surface area contributed by atoms with E-state index in [0.29, 0.717) is 0 Å². The first-order valence-corrected chi connectivity index (χ1v) is 6.34. The van der Waals surface area contributed by atoms with Crippen LogP contribution < -0.4 is 0 Å². The van der Waals surface area contributed by atoms with Crippen molar-refractivity contribution in [2.75, 3.05) is 0 Å². The fraction of sp³-hybridized carbons (Fsp3) is 0.571. The maximum Gasteiger partial charge on any atom is 0.416 e. The van der Waals surface area contributed by atoms with E-state index in [1.807, 2.05) is 0 Å². The topological polar surface area (TPSA) is 20.2 Å². The van der Waals surface area contributed by atoms with E-state index in [0.717, 1.165) is 38.2 Å². The van der Waals surface area contributed by atoms with Crippen LogP contribution in [0.3, 0.4) is 0 Å². The second kappa shape index (κ2) is 5.31. The molecular formula is C14H17F3O. The minimum absolute atomic E-state index is 0.0249. The second-order valence-corrected chi connectivity index (χ2v) is 4.93. The molecule has 1 fully saturated rings. The molecule has 1 nitrogen and oxygen atoms in total. The van der Waals surface area contributed by atoms with E-state index in [1.165, 1.54) is 12.1 Å². The summed E-state index contributed by atoms with van der Waals surface area (Å²) in [5.74, 6) is -0.0396. The third kappa shape index (κ3) is 2.86. The van der Waals surface area contributed by atoms with Gasteiger partial charge in [-0.15, -0.1) is 0 Å². The normalized spacial score (nSPS) is 19.8. The summed E-state index contributed by atoms with van der Waals surface area (Å²) >= 11 is 0. The molecule has 1 saturated carbocycles. The number of hydrogen-bond donors (Lipinski definition) is 1. The molecule has 0 amide bonds. The van der Waals surface area contributed by atoms with Gasteiger partial charge in [0, 0.05) is 0 Å². The van der Waals surface area contributed by atoms with Crippen LogP contribution in [-0.4, -0.2) is 5.11 Å². The summed E-state index contributed by atoms with van der Waals surface area (Å²) in [6.07, 6.45) is -0.661. The van der Waals surface area contributed by atoms with Crippen molar-refractivity contribution in [2.45, 2.75) is 44.4 Å². The molecule has 1 aliphatic carbocycles. The predicted molar refractivity (Wildman–Crippen MR) is 63.0 cm³/mol. The average molecular weight is 258 g/mol. The maximum atomic E-state index is 12.9. The molecule has 1 aliphatic rings. The Bertz CT molecular complexity index is 394. The van der Waals surface area contributed by atoms with Gasteiger partial charge in [0.25, 0.3) is 0 Å². The molecule has 1 aromatic carbocycles. The van der Waals surface area contributed by atoms with Crippen molar-refractivity contribution in [3.8, 4) is 0 Å². The number of aliphatic hydroxyl groups excluding tert-OH is 1. The fourth-order valence-corrected chi connectivity index (χ4v) is 2.72. The van der Waals surface area contributed by atoms with Crippen LogP contribution in [-0.2, 0) is 6.18 Å². The monoisotopic (exact) mass is 258 g/mol. The Hall–Kier alpha value is -1.03. The maximum absolute atomic E-state index is 12.9. The lowest BCUT2D eigenvalue weighted by molar-refractivity contribution is -0.139. The highest BCUT2D eigenvalue weighted by atomic mass is 19.4. The SMILES string of the molecule is OC(c1ccccc1C(F)(F)F)C1CCCCC1. The van der Waals surface area contributed by atoms with Gasteiger partial charge < -0.3 is 5.11 Å². The van der Waals surface area contributed by atoms with Gasteiger partial charge in [-0.25, -0.2) is 0 Å². The molecule has 0 saturated heterocycles. The Balaban J connectivity index is 2.26. The number of alkyl halides is 3. The molecule has 18 heavy (non-hydrogen) atoms. The summed E-state index contributed by atoms with van der Waals surface area (Å²) in [5.41, 5.74) is -0.681. The summed E-state index contributed by atoms with van der Waals surface area (Å²) in [5, 5.41) is 10.2. The lowest BCUT2D eigenvalue weighted by atomic mass is 9.81. The van der Waals surface area contributed by atoms with E-state index < -0.39 is 17.8 Å². The Morgan fingerprint density at radius 3 is 2.28 bits per heavy atom. The molecular weight excluding hydrogens is 241 g/mol. The van der Waals surface area contributed by atoms with Crippen LogP contribution in [0.1, 0.15) is 49.3 Å². The number of benzene rings is 1. The van der Waals surface area contributed by atoms with Crippen molar-refractivity contribution in [1.29, 1.82) is 0 Å². The van der Waals surface area contributed by atoms with Crippen molar-refractivity contribution in [3.63, 3.8) is 0 Å². The Labute approximate surface area is 105 Å². The summed E-state index contributed by atoms with van der Waals surface area (Å²) in [6.45, 7) is 0. The summed E-state index contributed by atoms with van der Waals surface area (Å²) < 4.78 is 38.6. The van der Waals surface area contributed by atoms with Gasteiger partial charge in [0.1, 0.15) is 0 Å². The Kier molecular flexibility index (Phi) is 3.95. The Morgan fingerprint density at radius 1 is 1.06 bits per heavy atom. The molecule has 0 radical (unpaired) electrons. The molecule has 0 aliphatic heterocycles. The molecule has 1 aromatic rings. The quantitative estimate of drug-likeness (QED) is 0.837. The van der Waals surface area contributed by atoms with E-state index in [1.54, 1.807) is 6.07 Å². The smallest absolute Gasteiger partial charge is 0.388 e. The first kappa shape index (κ1) is 13.4. The van der Waals surface area contributed by atoms with E-state index in [-0.39, 0.29) is 11.5 Å². The van der Waals surface area contributed by atoms with Crippen LogP contribution in [0.25, 0.3) is 0 Å². The number of hydrogen-bond acceptors (Lipinski definition) is 1. The molecule has 1 N–H and O–H groups in total. The van der Waals surface area contributed by atoms with Gasteiger partial charge in [0.2, 0.25) is 0 Å². The highest BCUT2D eigenvalue weighted by molar-refractivity contribution is 5.31. The summed E-state index contributed by atoms with van der Waals surface area (Å²) in [6, 6.07) is 5.35. The van der Waals surface area contributed by atoms with Crippen molar-refractivity contribution < 1.29 is 18.3 Å². The van der Waals surface area contributed by atoms with Gasteiger partial charge >= 0.3 is 6.18 Å². The number of rotatable bonds is 2. The van der Waals surface area contributed by atoms with Crippen LogP contribution >= 0.6 is 0 Å². The average Bonchev–Trinajstić information content (AvgIpc) is 2.38. The summed E-state index contributed by atoms with van der Waals surface area (Å²) in [4.78, 5) is 0. The fourth-order valence-electron chi connectivity index (χ4n) is 2.72. The number of halogens is 3. The molecule has 1 unspecified atom stereocenters. The van der Waals surface area contributed by atoms with Gasteiger partial charge in [-0.05, 0) is 30.4 Å². The predicted octanol–water partition coefficient (Wildman–Crippen LogP) is 4.32. The first-order chi connectivity index (χ1) is 8.50. The van der Waals surface area contributed by atoms with Crippen LogP contribution in [0, 0.1) is 5.92 Å². The lowest BCUT2D eigenvalue weighted by Gasteiger charge is -2.28. The van der Waals surface area contributed by atoms with Crippen LogP contribution in [0.15, 0.2) is 24.3 Å². The minimum atomic E-state index is -4.40. The largest absolute Gasteiger partial charge is 0.416 e. The second-order valence-electron chi connectivity index (χ2n) is 4.93. The van der Waals surface area contributed by atoms with Gasteiger partial charge in [-0.1, -0.05) is 37.5 Å². The zero-order valence-corrected chi connectivity index (χ0v) is 10.1. The van der Waals surface area contributed by atoms with Gasteiger partial charge in [0.05, 0.1) is 11.7 Å². The molecule has 1 atom stereocenters. The van der Waals surface area contributed by atoms with Crippen LogP contribution in [0.4, 0.5) is 13.2 Å². The Morgan fingerprint density at radius 2 is 1.67 bits per heavy atom. The highest BCUT2D eigenvalue weighted by Crippen LogP contribution is 2.40. The van der Waals surface area contributed by atoms with Gasteiger partial charge in [-0.2, -0.15) is 13.2 Å². The highest BCUT2D eigenvalue weighted by Gasteiger charge is 2.36. The zero-order chi connectivity index (χ0) is 13.2. The molecule has 0 bridgehead atoms. The van der Waals surface area contributed by atoms with Crippen molar-refractivity contribution in [1.82, 2.24) is 0 Å². The third-order valence-corrected chi connectivity index (χ3v) is 3.68. The van der Waals surface area contributed by atoms with E-state index in [4.69, 9.17) is 0 Å². The van der Waals surface area contributed by atoms with Gasteiger partial charge in [0.15, 0.2) is 0 Å². The van der Waals surface area contributed by atoms with E-state index >= 15 is 0 Å². The standard InChI is InChI=1S/C14H17F3O/c15-14(16,17)12-9-5-4-8-11(12)13(18)10-6-2-1-3-7-10/h4-5,8-10,13,18H,1-3,6-7H2. The molecule has 2 rings (SSSR count). The van der Waals surface area contributed by atoms with Gasteiger partial charge in [-0.3, -0.25) is 0 Å². The minimum Gasteiger partial charge on any atom is -0.388 e. The molecule has 4 heteroatoms. The van der Waals surface area contributed by atoms with E-state index in [9.17, 15) is 18.3 Å². The number of aliphatic hydroxyl groups is 1. The van der Waals surface area contributed by atoms with Crippen molar-refractivity contribution >= 4 is 0 Å². The third-order valence-electron chi connectivity index (χ3n) is 3.68. The molecule has 0 aromatic heterocycles. The lowest BCUT2D eigenvalue weighted by Crippen LogP contribution is -2.19. The van der Waals surface area contributed by atoms with Crippen LogP contribution in [0.2, 0.25) is 0 Å². The molecule has 0 heterocycles. The van der Waals surface area contributed by atoms with Crippen molar-refractivity contribution in [2.24, 2.45) is 5.92 Å². The molecule has 100 valence electrons. The van der Waals surface area contributed by atoms with E-state index in [2.05, 4.69) is 0 Å².